The molecule has 0 aromatic rings. The fourth-order valence-corrected chi connectivity index (χ4v) is 0.0278. The number of rotatable bonds is 2. The van der Waals surface area contributed by atoms with Crippen LogP contribution in [0.1, 0.15) is 0 Å². The number of allylic oxidation sites excluding steroid dienone is 1. The smallest absolute Gasteiger partial charge is 0.152 e. The first-order valence-electron chi connectivity index (χ1n) is 1.40. The van der Waals surface area contributed by atoms with Gasteiger partial charge in [0, 0.05) is 5.57 Å². The highest BCUT2D eigenvalue weighted by molar-refractivity contribution is 5.98. The quantitative estimate of drug-likeness (QED) is 0.203. The maximum Gasteiger partial charge on any atom is 0.152 e. The Kier molecular flexibility index (Phi) is 1.97. The molecule has 32 valence electrons. The van der Waals surface area contributed by atoms with Crippen LogP contribution in [-0.2, 0) is 9.59 Å². The van der Waals surface area contributed by atoms with Gasteiger partial charge in [-0.05, 0) is 0 Å². The normalized spacial score (nSPS) is 6.67. The van der Waals surface area contributed by atoms with Crippen molar-refractivity contribution >= 4 is 12.6 Å². The number of carbonyl (C=O) groups is 2. The van der Waals surface area contributed by atoms with Crippen molar-refractivity contribution in [1.82, 2.24) is 0 Å². The van der Waals surface area contributed by atoms with Crippen molar-refractivity contribution < 1.29 is 9.59 Å². The van der Waals surface area contributed by atoms with E-state index in [0.717, 1.165) is 0 Å². The average molecular weight is 84.1 g/mol. The number of aldehydes is 2. The lowest BCUT2D eigenvalue weighted by Crippen LogP contribution is -1.78. The van der Waals surface area contributed by atoms with Crippen molar-refractivity contribution in [3.63, 3.8) is 0 Å². The van der Waals surface area contributed by atoms with Crippen molar-refractivity contribution in [2.45, 2.75) is 0 Å². The van der Waals surface area contributed by atoms with Crippen LogP contribution >= 0.6 is 0 Å². The highest BCUT2D eigenvalue weighted by Gasteiger charge is 1.77. The molecule has 2 heteroatoms. The second kappa shape index (κ2) is 2.33. The van der Waals surface area contributed by atoms with Crippen molar-refractivity contribution in [2.24, 2.45) is 0 Å². The van der Waals surface area contributed by atoms with Crippen LogP contribution in [0.15, 0.2) is 12.2 Å². The summed E-state index contributed by atoms with van der Waals surface area (Å²) >= 11 is 0. The Morgan fingerprint density at radius 3 is 1.67 bits per heavy atom. The molecule has 0 aliphatic heterocycles. The molecule has 0 amide bonds. The van der Waals surface area contributed by atoms with Gasteiger partial charge < -0.3 is 0 Å². The Balaban J connectivity index is 3.52. The molecule has 0 rings (SSSR count). The molecule has 0 fully saturated rings. The molecule has 0 radical (unpaired) electrons. The zero-order chi connectivity index (χ0) is 4.99. The Labute approximate surface area is 35.5 Å². The molecule has 0 unspecified atom stereocenters. The third kappa shape index (κ3) is 1.40. The molecule has 0 aromatic carbocycles. The van der Waals surface area contributed by atoms with Gasteiger partial charge in [-0.1, -0.05) is 6.58 Å². The molecule has 0 N–H and O–H groups in total. The molecule has 0 aliphatic carbocycles. The predicted molar refractivity (Wildman–Crippen MR) is 21.3 cm³/mol. The van der Waals surface area contributed by atoms with Gasteiger partial charge in [0.05, 0.1) is 0 Å². The SMILES string of the molecule is C=C(C=O)C=O. The van der Waals surface area contributed by atoms with Crippen LogP contribution in [-0.4, -0.2) is 12.6 Å². The summed E-state index contributed by atoms with van der Waals surface area (Å²) in [6.45, 7) is 3.06. The van der Waals surface area contributed by atoms with Crippen LogP contribution in [0.4, 0.5) is 0 Å². The molecule has 6 heavy (non-hydrogen) atoms. The van der Waals surface area contributed by atoms with E-state index in [4.69, 9.17) is 0 Å². The van der Waals surface area contributed by atoms with Crippen LogP contribution in [0.5, 0.6) is 0 Å². The summed E-state index contributed by atoms with van der Waals surface area (Å²) in [6.07, 6.45) is 0.819. The zero-order valence-electron chi connectivity index (χ0n) is 3.18. The maximum absolute atomic E-state index is 9.41. The summed E-state index contributed by atoms with van der Waals surface area (Å²) in [4.78, 5) is 18.8. The van der Waals surface area contributed by atoms with Gasteiger partial charge in [0.2, 0.25) is 0 Å². The largest absolute Gasteiger partial charge is 0.298 e. The van der Waals surface area contributed by atoms with E-state index in [1.165, 1.54) is 0 Å². The topological polar surface area (TPSA) is 34.1 Å². The van der Waals surface area contributed by atoms with Gasteiger partial charge in [-0.3, -0.25) is 9.59 Å². The number of hydrogen-bond acceptors (Lipinski definition) is 2. The minimum absolute atomic E-state index is 0.0185. The van der Waals surface area contributed by atoms with Crippen LogP contribution in [0.3, 0.4) is 0 Å². The molecule has 0 aromatic heterocycles. The monoisotopic (exact) mass is 84.0 g/mol. The summed E-state index contributed by atoms with van der Waals surface area (Å²) in [7, 11) is 0. The minimum Gasteiger partial charge on any atom is -0.298 e. The van der Waals surface area contributed by atoms with E-state index in [-0.39, 0.29) is 5.57 Å². The van der Waals surface area contributed by atoms with Gasteiger partial charge in [0.1, 0.15) is 0 Å². The van der Waals surface area contributed by atoms with Gasteiger partial charge in [-0.2, -0.15) is 0 Å². The number of carbonyl (C=O) groups excluding carboxylic acids is 2. The zero-order valence-corrected chi connectivity index (χ0v) is 3.18. The standard InChI is InChI=1S/C4H4O2/c1-4(2-5)3-6/h2-3H,1H2. The molecule has 0 saturated heterocycles. The number of hydrogen-bond donors (Lipinski definition) is 0. The summed E-state index contributed by atoms with van der Waals surface area (Å²) in [6, 6.07) is 0. The average Bonchev–Trinajstić information content (AvgIpc) is 1.65. The molecule has 0 bridgehead atoms. The van der Waals surface area contributed by atoms with Crippen molar-refractivity contribution in [1.29, 1.82) is 0 Å². The minimum atomic E-state index is -0.0185. The van der Waals surface area contributed by atoms with Crippen LogP contribution in [0, 0.1) is 0 Å². The fourth-order valence-electron chi connectivity index (χ4n) is 0.0278. The molecule has 2 nitrogen and oxygen atoms in total. The Morgan fingerprint density at radius 2 is 1.67 bits per heavy atom. The molecule has 0 saturated carbocycles. The second-order valence-corrected chi connectivity index (χ2v) is 0.811. The Hall–Kier alpha value is -0.920. The van der Waals surface area contributed by atoms with Crippen LogP contribution in [0.25, 0.3) is 0 Å². The summed E-state index contributed by atoms with van der Waals surface area (Å²) in [5.74, 6) is 0. The van der Waals surface area contributed by atoms with E-state index in [1.807, 2.05) is 0 Å². The summed E-state index contributed by atoms with van der Waals surface area (Å²) in [5, 5.41) is 0. The van der Waals surface area contributed by atoms with Gasteiger partial charge in [-0.25, -0.2) is 0 Å². The molecule has 0 heterocycles. The van der Waals surface area contributed by atoms with Crippen molar-refractivity contribution in [3.05, 3.63) is 12.2 Å². The lowest BCUT2D eigenvalue weighted by atomic mass is 10.4. The van der Waals surface area contributed by atoms with E-state index in [2.05, 4.69) is 6.58 Å². The highest BCUT2D eigenvalue weighted by Crippen LogP contribution is 1.68. The van der Waals surface area contributed by atoms with E-state index in [1.54, 1.807) is 0 Å². The fraction of sp³-hybridized carbons (Fsp3) is 0. The predicted octanol–water partition coefficient (Wildman–Crippen LogP) is -0.0596. The van der Waals surface area contributed by atoms with Crippen LogP contribution < -0.4 is 0 Å². The first kappa shape index (κ1) is 5.08. The van der Waals surface area contributed by atoms with E-state index < -0.39 is 0 Å². The van der Waals surface area contributed by atoms with E-state index in [9.17, 15) is 9.59 Å². The lowest BCUT2D eigenvalue weighted by Gasteiger charge is -1.66. The Morgan fingerprint density at radius 1 is 1.33 bits per heavy atom. The molecule has 0 aliphatic rings. The van der Waals surface area contributed by atoms with E-state index in [0.29, 0.717) is 12.6 Å². The Bertz CT molecular complexity index is 73.5. The first-order chi connectivity index (χ1) is 2.81. The third-order valence-electron chi connectivity index (χ3n) is 0.303. The molecule has 0 atom stereocenters. The van der Waals surface area contributed by atoms with Crippen LogP contribution in [0.2, 0.25) is 0 Å². The maximum atomic E-state index is 9.41. The van der Waals surface area contributed by atoms with Crippen molar-refractivity contribution in [3.8, 4) is 0 Å². The van der Waals surface area contributed by atoms with Crippen molar-refractivity contribution in [2.75, 3.05) is 0 Å². The third-order valence-corrected chi connectivity index (χ3v) is 0.303. The molecular formula is C4H4O2. The van der Waals surface area contributed by atoms with Gasteiger partial charge in [-0.15, -0.1) is 0 Å². The van der Waals surface area contributed by atoms with Gasteiger partial charge in [0.25, 0.3) is 0 Å². The van der Waals surface area contributed by atoms with E-state index >= 15 is 0 Å². The second-order valence-electron chi connectivity index (χ2n) is 0.811. The first-order valence-corrected chi connectivity index (χ1v) is 1.40. The van der Waals surface area contributed by atoms with Gasteiger partial charge >= 0.3 is 0 Å². The highest BCUT2D eigenvalue weighted by atomic mass is 16.1. The molecule has 0 spiro atoms. The van der Waals surface area contributed by atoms with Gasteiger partial charge in [0.15, 0.2) is 12.6 Å². The molecular weight excluding hydrogens is 80.0 g/mol. The summed E-state index contributed by atoms with van der Waals surface area (Å²) < 4.78 is 0. The summed E-state index contributed by atoms with van der Waals surface area (Å²) in [5.41, 5.74) is -0.0185. The lowest BCUT2D eigenvalue weighted by molar-refractivity contribution is -0.109.